The Hall–Kier alpha value is -0.910. The third-order valence-electron chi connectivity index (χ3n) is 2.50. The van der Waals surface area contributed by atoms with Crippen LogP contribution in [-0.4, -0.2) is 49.4 Å². The molecule has 15 heavy (non-hydrogen) atoms. The molecule has 0 amide bonds. The predicted octanol–water partition coefficient (Wildman–Crippen LogP) is 0.0964. The normalized spacial score (nSPS) is 18.1. The molecule has 1 aromatic heterocycles. The zero-order chi connectivity index (χ0) is 10.3. The highest BCUT2D eigenvalue weighted by Crippen LogP contribution is 1.97. The topological polar surface area (TPSA) is 50.5 Å². The summed E-state index contributed by atoms with van der Waals surface area (Å²) < 4.78 is 10.2. The number of hydrogen-bond donors (Lipinski definition) is 1. The molecule has 0 aromatic carbocycles. The Kier molecular flexibility index (Phi) is 4.13. The van der Waals surface area contributed by atoms with Crippen LogP contribution < -0.4 is 5.32 Å². The van der Waals surface area contributed by atoms with Gasteiger partial charge in [-0.15, -0.1) is 0 Å². The summed E-state index contributed by atoms with van der Waals surface area (Å²) in [7, 11) is 0. The van der Waals surface area contributed by atoms with Crippen molar-refractivity contribution >= 4 is 0 Å². The third-order valence-corrected chi connectivity index (χ3v) is 2.50. The van der Waals surface area contributed by atoms with Gasteiger partial charge in [-0.05, 0) is 0 Å². The molecule has 5 heteroatoms. The molecule has 0 saturated carbocycles. The first kappa shape index (κ1) is 10.6. The van der Waals surface area contributed by atoms with Crippen LogP contribution in [-0.2, 0) is 11.3 Å². The molecule has 0 atom stereocenters. The van der Waals surface area contributed by atoms with Crippen LogP contribution in [0.1, 0.15) is 5.69 Å². The number of hydrogen-bond acceptors (Lipinski definition) is 5. The molecule has 84 valence electrons. The zero-order valence-corrected chi connectivity index (χ0v) is 8.82. The predicted molar refractivity (Wildman–Crippen MR) is 55.5 cm³/mol. The molecular formula is C10H17N3O2. The highest BCUT2D eigenvalue weighted by Gasteiger charge is 2.08. The van der Waals surface area contributed by atoms with Crippen LogP contribution in [0.4, 0.5) is 0 Å². The Balaban J connectivity index is 1.54. The second-order valence-corrected chi connectivity index (χ2v) is 3.64. The van der Waals surface area contributed by atoms with Crippen LogP contribution in [0, 0.1) is 0 Å². The average molecular weight is 211 g/mol. The van der Waals surface area contributed by atoms with E-state index in [0.717, 1.165) is 45.0 Å². The fourth-order valence-electron chi connectivity index (χ4n) is 1.62. The van der Waals surface area contributed by atoms with Crippen molar-refractivity contribution in [3.63, 3.8) is 0 Å². The van der Waals surface area contributed by atoms with Gasteiger partial charge >= 0.3 is 0 Å². The fraction of sp³-hybridized carbons (Fsp3) is 0.700. The van der Waals surface area contributed by atoms with E-state index in [9.17, 15) is 0 Å². The minimum Gasteiger partial charge on any atom is -0.374 e. The SMILES string of the molecule is c1cc(COCCN2CCNCC2)no1. The van der Waals surface area contributed by atoms with Crippen LogP contribution in [0.2, 0.25) is 0 Å². The molecule has 0 unspecified atom stereocenters. The summed E-state index contributed by atoms with van der Waals surface area (Å²) in [5, 5.41) is 7.10. The summed E-state index contributed by atoms with van der Waals surface area (Å²) in [6.07, 6.45) is 1.56. The van der Waals surface area contributed by atoms with Crippen molar-refractivity contribution in [1.29, 1.82) is 0 Å². The van der Waals surface area contributed by atoms with E-state index in [1.54, 1.807) is 6.26 Å². The summed E-state index contributed by atoms with van der Waals surface area (Å²) in [6.45, 7) is 6.71. The molecule has 0 radical (unpaired) electrons. The van der Waals surface area contributed by atoms with Crippen LogP contribution in [0.25, 0.3) is 0 Å². The standard InChI is InChI=1S/C10H17N3O2/c1-7-15-12-10(1)9-14-8-6-13-4-2-11-3-5-13/h1,7,11H,2-6,8-9H2. The lowest BCUT2D eigenvalue weighted by Gasteiger charge is -2.26. The molecule has 2 heterocycles. The number of ether oxygens (including phenoxy) is 1. The number of nitrogens with zero attached hydrogens (tertiary/aromatic N) is 2. The molecule has 0 aliphatic carbocycles. The van der Waals surface area contributed by atoms with E-state index >= 15 is 0 Å². The van der Waals surface area contributed by atoms with E-state index in [4.69, 9.17) is 9.26 Å². The van der Waals surface area contributed by atoms with Gasteiger partial charge in [0.05, 0.1) is 13.2 Å². The monoisotopic (exact) mass is 211 g/mol. The van der Waals surface area contributed by atoms with Crippen molar-refractivity contribution in [2.75, 3.05) is 39.3 Å². The van der Waals surface area contributed by atoms with Crippen molar-refractivity contribution in [3.05, 3.63) is 18.0 Å². The van der Waals surface area contributed by atoms with Crippen LogP contribution in [0.15, 0.2) is 16.9 Å². The summed E-state index contributed by atoms with van der Waals surface area (Å²) in [4.78, 5) is 2.40. The summed E-state index contributed by atoms with van der Waals surface area (Å²) in [5.41, 5.74) is 0.857. The van der Waals surface area contributed by atoms with Crippen molar-refractivity contribution in [1.82, 2.24) is 15.4 Å². The number of piperazine rings is 1. The Bertz CT molecular complexity index is 258. The largest absolute Gasteiger partial charge is 0.374 e. The molecule has 1 aliphatic rings. The lowest BCUT2D eigenvalue weighted by Crippen LogP contribution is -2.44. The first-order chi connectivity index (χ1) is 7.45. The fourth-order valence-corrected chi connectivity index (χ4v) is 1.62. The van der Waals surface area contributed by atoms with Gasteiger partial charge in [0.25, 0.3) is 0 Å². The maximum atomic E-state index is 5.50. The van der Waals surface area contributed by atoms with Gasteiger partial charge in [0.2, 0.25) is 0 Å². The highest BCUT2D eigenvalue weighted by molar-refractivity contribution is 4.92. The molecule has 1 N–H and O–H groups in total. The number of aromatic nitrogens is 1. The quantitative estimate of drug-likeness (QED) is 0.700. The Morgan fingerprint density at radius 3 is 3.07 bits per heavy atom. The van der Waals surface area contributed by atoms with E-state index in [0.29, 0.717) is 6.61 Å². The van der Waals surface area contributed by atoms with Gasteiger partial charge in [0.15, 0.2) is 0 Å². The number of nitrogens with one attached hydrogen (secondary N) is 1. The summed E-state index contributed by atoms with van der Waals surface area (Å²) in [6, 6.07) is 1.82. The first-order valence-electron chi connectivity index (χ1n) is 5.35. The van der Waals surface area contributed by atoms with E-state index in [-0.39, 0.29) is 0 Å². The van der Waals surface area contributed by atoms with E-state index in [2.05, 4.69) is 15.4 Å². The molecule has 1 aliphatic heterocycles. The molecule has 5 nitrogen and oxygen atoms in total. The van der Waals surface area contributed by atoms with E-state index in [1.165, 1.54) is 0 Å². The van der Waals surface area contributed by atoms with Gasteiger partial charge < -0.3 is 14.6 Å². The Labute approximate surface area is 89.4 Å². The van der Waals surface area contributed by atoms with E-state index in [1.807, 2.05) is 6.07 Å². The second kappa shape index (κ2) is 5.85. The molecule has 1 fully saturated rings. The van der Waals surface area contributed by atoms with Gasteiger partial charge in [0, 0.05) is 38.8 Å². The Morgan fingerprint density at radius 1 is 1.47 bits per heavy atom. The van der Waals surface area contributed by atoms with Crippen LogP contribution >= 0.6 is 0 Å². The first-order valence-corrected chi connectivity index (χ1v) is 5.35. The maximum absolute atomic E-state index is 5.50. The highest BCUT2D eigenvalue weighted by atomic mass is 16.5. The van der Waals surface area contributed by atoms with Gasteiger partial charge in [-0.1, -0.05) is 5.16 Å². The smallest absolute Gasteiger partial charge is 0.124 e. The van der Waals surface area contributed by atoms with Gasteiger partial charge in [0.1, 0.15) is 12.0 Å². The summed E-state index contributed by atoms with van der Waals surface area (Å²) >= 11 is 0. The second-order valence-electron chi connectivity index (χ2n) is 3.64. The maximum Gasteiger partial charge on any atom is 0.124 e. The molecule has 0 bridgehead atoms. The van der Waals surface area contributed by atoms with Gasteiger partial charge in [-0.3, -0.25) is 4.90 Å². The van der Waals surface area contributed by atoms with Crippen LogP contribution in [0.3, 0.4) is 0 Å². The molecule has 0 spiro atoms. The minimum absolute atomic E-state index is 0.544. The van der Waals surface area contributed by atoms with Crippen molar-refractivity contribution in [2.24, 2.45) is 0 Å². The average Bonchev–Trinajstić information content (AvgIpc) is 2.79. The molecule has 2 rings (SSSR count). The molecular weight excluding hydrogens is 194 g/mol. The molecule has 1 saturated heterocycles. The Morgan fingerprint density at radius 2 is 2.33 bits per heavy atom. The lowest BCUT2D eigenvalue weighted by atomic mass is 10.3. The minimum atomic E-state index is 0.544. The third kappa shape index (κ3) is 3.62. The van der Waals surface area contributed by atoms with Crippen LogP contribution in [0.5, 0.6) is 0 Å². The lowest BCUT2D eigenvalue weighted by molar-refractivity contribution is 0.0852. The van der Waals surface area contributed by atoms with Crippen molar-refractivity contribution in [3.8, 4) is 0 Å². The van der Waals surface area contributed by atoms with Crippen molar-refractivity contribution in [2.45, 2.75) is 6.61 Å². The van der Waals surface area contributed by atoms with E-state index < -0.39 is 0 Å². The number of rotatable bonds is 5. The van der Waals surface area contributed by atoms with Crippen molar-refractivity contribution < 1.29 is 9.26 Å². The van der Waals surface area contributed by atoms with Gasteiger partial charge in [-0.25, -0.2) is 0 Å². The zero-order valence-electron chi connectivity index (χ0n) is 8.82. The summed E-state index contributed by atoms with van der Waals surface area (Å²) in [5.74, 6) is 0. The molecule has 1 aromatic rings. The van der Waals surface area contributed by atoms with Gasteiger partial charge in [-0.2, -0.15) is 0 Å².